The van der Waals surface area contributed by atoms with Crippen LogP contribution < -0.4 is 24.8 Å². The van der Waals surface area contributed by atoms with Gasteiger partial charge in [0.05, 0.1) is 0 Å². The molecule has 0 amide bonds. The largest absolute Gasteiger partial charge is 1.00 e. The minimum absolute atomic E-state index is 0. The summed E-state index contributed by atoms with van der Waals surface area (Å²) in [6.45, 7) is 15.4. The zero-order valence-electron chi connectivity index (χ0n) is 16.3. The van der Waals surface area contributed by atoms with Gasteiger partial charge in [0.1, 0.15) is 0 Å². The average molecular weight is 419 g/mol. The summed E-state index contributed by atoms with van der Waals surface area (Å²) in [5.41, 5.74) is 0.367. The molecule has 0 saturated heterocycles. The fourth-order valence-corrected chi connectivity index (χ4v) is 53.8. The van der Waals surface area contributed by atoms with Crippen molar-refractivity contribution in [2.45, 2.75) is 79.4 Å². The van der Waals surface area contributed by atoms with Gasteiger partial charge in [-0.15, -0.1) is 0 Å². The Bertz CT molecular complexity index is 450. The van der Waals surface area contributed by atoms with Crippen molar-refractivity contribution in [1.29, 1.82) is 0 Å². The summed E-state index contributed by atoms with van der Waals surface area (Å²) in [6.07, 6.45) is 8.38. The van der Waals surface area contributed by atoms with Crippen LogP contribution in [0.2, 0.25) is 34.0 Å². The molecule has 0 aliphatic heterocycles. The van der Waals surface area contributed by atoms with Crippen molar-refractivity contribution in [3.05, 3.63) is 22.1 Å². The van der Waals surface area contributed by atoms with Crippen LogP contribution >= 0.6 is 7.47 Å². The topological polar surface area (TPSA) is 0 Å². The van der Waals surface area contributed by atoms with Crippen molar-refractivity contribution in [3.63, 3.8) is 0 Å². The number of hydrogen-bond donors (Lipinski definition) is 0. The Morgan fingerprint density at radius 1 is 0.955 bits per heavy atom. The van der Waals surface area contributed by atoms with E-state index in [0.717, 1.165) is 11.3 Å². The first kappa shape index (κ1) is 25.7. The van der Waals surface area contributed by atoms with E-state index in [2.05, 4.69) is 79.9 Å². The fourth-order valence-electron chi connectivity index (χ4n) is 4.14. The van der Waals surface area contributed by atoms with Crippen molar-refractivity contribution in [2.75, 3.05) is 0 Å². The molecule has 0 spiro atoms. The van der Waals surface area contributed by atoms with E-state index >= 15 is 0 Å². The third-order valence-electron chi connectivity index (χ3n) is 6.73. The van der Waals surface area contributed by atoms with Gasteiger partial charge < -0.3 is 24.8 Å². The molecular weight excluding hydrogens is 382 g/mol. The molecule has 22 heavy (non-hydrogen) atoms. The standard InChI is InChI=1S/C8H20PSi.C5H5.4CH3.2ClH.Ti/c1-7(2)9(8(3)4)10(5)6;1-2-4-5-3-1;;;;;;;/h7-8H,1-6H3;1-3H,4H2;4*1H3;2*1H;/q;;;;;;;;+2/p-2. The van der Waals surface area contributed by atoms with Crippen LogP contribution in [0.15, 0.2) is 22.1 Å². The van der Waals surface area contributed by atoms with Crippen LogP contribution in [0, 0.1) is 0 Å². The molecule has 0 nitrogen and oxygen atoms in total. The number of rotatable bonds is 5. The van der Waals surface area contributed by atoms with Gasteiger partial charge in [-0.05, 0) is 0 Å². The molecule has 0 aromatic rings. The van der Waals surface area contributed by atoms with Crippen molar-refractivity contribution < 1.29 is 38.1 Å². The Morgan fingerprint density at radius 2 is 1.36 bits per heavy atom. The predicted molar refractivity (Wildman–Crippen MR) is 100.0 cm³/mol. The number of hydrogen-bond acceptors (Lipinski definition) is 0. The van der Waals surface area contributed by atoms with Gasteiger partial charge in [-0.25, -0.2) is 0 Å². The summed E-state index contributed by atoms with van der Waals surface area (Å²) >= 11 is -3.12. The Kier molecular flexibility index (Phi) is 8.13. The molecular formula is C17H37Cl2PSiTi. The van der Waals surface area contributed by atoms with Gasteiger partial charge in [0.25, 0.3) is 0 Å². The van der Waals surface area contributed by atoms with Gasteiger partial charge in [0.15, 0.2) is 0 Å². The van der Waals surface area contributed by atoms with Gasteiger partial charge in [-0.1, -0.05) is 0 Å². The van der Waals surface area contributed by atoms with Gasteiger partial charge >= 0.3 is 128 Å². The van der Waals surface area contributed by atoms with Gasteiger partial charge in [0, 0.05) is 0 Å². The van der Waals surface area contributed by atoms with Crippen LogP contribution in [-0.2, 0) is 13.3 Å². The molecule has 0 saturated carbocycles. The van der Waals surface area contributed by atoms with Crippen molar-refractivity contribution in [3.8, 4) is 0 Å². The zero-order valence-corrected chi connectivity index (χ0v) is 21.3. The molecule has 0 N–H and O–H groups in total. The molecule has 5 heteroatoms. The summed E-state index contributed by atoms with van der Waals surface area (Å²) in [5.74, 6) is 0. The monoisotopic (exact) mass is 418 g/mol. The third kappa shape index (κ3) is 3.97. The average Bonchev–Trinajstić information content (AvgIpc) is 2.65. The summed E-state index contributed by atoms with van der Waals surface area (Å²) in [5, 5.41) is 11.0. The molecule has 1 aliphatic carbocycles. The Balaban J connectivity index is 0. The fraction of sp³-hybridized carbons (Fsp3) is 0.765. The maximum absolute atomic E-state index is 3.12. The van der Waals surface area contributed by atoms with Crippen molar-refractivity contribution in [1.82, 2.24) is 0 Å². The van der Waals surface area contributed by atoms with Crippen LogP contribution in [0.1, 0.15) is 34.1 Å². The number of allylic oxidation sites excluding steroid dienone is 4. The summed E-state index contributed by atoms with van der Waals surface area (Å²) in [4.78, 5) is 0. The normalized spacial score (nSPS) is 17.0. The quantitative estimate of drug-likeness (QED) is 0.465. The van der Waals surface area contributed by atoms with Crippen LogP contribution in [0.4, 0.5) is 0 Å². The van der Waals surface area contributed by atoms with Crippen LogP contribution in [0.5, 0.6) is 0 Å². The van der Waals surface area contributed by atoms with Gasteiger partial charge in [0.2, 0.25) is 0 Å². The second-order valence-corrected chi connectivity index (χ2v) is 55.6. The molecule has 0 aromatic heterocycles. The van der Waals surface area contributed by atoms with Crippen molar-refractivity contribution >= 4 is 13.1 Å². The summed E-state index contributed by atoms with van der Waals surface area (Å²) < 4.78 is 1.83. The first-order chi connectivity index (χ1) is 8.65. The Morgan fingerprint density at radius 3 is 1.64 bits per heavy atom. The van der Waals surface area contributed by atoms with E-state index in [0.29, 0.717) is 0 Å². The first-order valence-electron chi connectivity index (χ1n) is 8.27. The van der Waals surface area contributed by atoms with Crippen LogP contribution in [0.3, 0.4) is 0 Å². The molecule has 0 radical (unpaired) electrons. The molecule has 0 heterocycles. The maximum atomic E-state index is 2.74. The van der Waals surface area contributed by atoms with Crippen LogP contribution in [-0.4, -0.2) is 16.9 Å². The van der Waals surface area contributed by atoms with E-state index in [1.807, 2.05) is 3.88 Å². The van der Waals surface area contributed by atoms with E-state index in [4.69, 9.17) is 0 Å². The van der Waals surface area contributed by atoms with E-state index in [1.54, 1.807) is 0 Å². The van der Waals surface area contributed by atoms with Crippen LogP contribution in [0.25, 0.3) is 0 Å². The molecule has 0 bridgehead atoms. The SMILES string of the molecule is CC(C)P(C(C)C)[Si](C)(C)[Ti+2]([CH3])([CH3])([CH3])([CH3])[C]1=CC=CC1.[Cl-].[Cl-]. The van der Waals surface area contributed by atoms with Gasteiger partial charge in [-0.2, -0.15) is 0 Å². The van der Waals surface area contributed by atoms with Gasteiger partial charge in [-0.3, -0.25) is 0 Å². The summed E-state index contributed by atoms with van der Waals surface area (Å²) in [6, 6.07) is 0. The van der Waals surface area contributed by atoms with E-state index in [9.17, 15) is 0 Å². The minimum atomic E-state index is -3.12. The molecule has 132 valence electrons. The Hall–Kier alpha value is 1.42. The van der Waals surface area contributed by atoms with E-state index in [-0.39, 0.29) is 32.3 Å². The first-order valence-corrected chi connectivity index (χ1v) is 23.0. The second-order valence-electron chi connectivity index (χ2n) is 10.6. The second kappa shape index (κ2) is 6.97. The molecule has 1 aliphatic rings. The molecule has 1 rings (SSSR count). The Labute approximate surface area is 152 Å². The van der Waals surface area contributed by atoms with E-state index in [1.165, 1.54) is 6.42 Å². The smallest absolute Gasteiger partial charge is 1.00 e. The summed E-state index contributed by atoms with van der Waals surface area (Å²) in [7, 11) is 0.130. The minimum Gasteiger partial charge on any atom is -1.00 e. The predicted octanol–water partition coefficient (Wildman–Crippen LogP) is 1.26. The zero-order chi connectivity index (χ0) is 16.0. The molecule has 0 fully saturated rings. The molecule has 0 aromatic carbocycles. The van der Waals surface area contributed by atoms with E-state index < -0.39 is 18.9 Å². The maximum Gasteiger partial charge on any atom is -1.00 e. The molecule has 0 unspecified atom stereocenters. The van der Waals surface area contributed by atoms with Crippen molar-refractivity contribution in [2.24, 2.45) is 0 Å². The number of halogens is 2. The molecule has 0 atom stereocenters. The third-order valence-corrected chi connectivity index (χ3v) is 71.0.